The zero-order valence-electron chi connectivity index (χ0n) is 13.5. The number of hydrogen-bond acceptors (Lipinski definition) is 3. The molecule has 0 aliphatic carbocycles. The van der Waals surface area contributed by atoms with Crippen molar-refractivity contribution in [3.63, 3.8) is 0 Å². The minimum atomic E-state index is -0.199. The van der Waals surface area contributed by atoms with E-state index in [0.29, 0.717) is 6.54 Å². The number of hydrogen-bond donors (Lipinski definition) is 1. The lowest BCUT2D eigenvalue weighted by Gasteiger charge is -2.23. The first-order valence-electron chi connectivity index (χ1n) is 7.63. The van der Waals surface area contributed by atoms with Gasteiger partial charge in [-0.15, -0.1) is 0 Å². The fourth-order valence-electron chi connectivity index (χ4n) is 2.34. The second-order valence-corrected chi connectivity index (χ2v) is 5.23. The van der Waals surface area contributed by atoms with Crippen molar-refractivity contribution in [3.8, 4) is 0 Å². The molecule has 0 unspecified atom stereocenters. The Balaban J connectivity index is 2.04. The molecule has 0 aliphatic heterocycles. The Hall–Kier alpha value is -2.69. The van der Waals surface area contributed by atoms with Gasteiger partial charge in [0, 0.05) is 31.5 Å². The maximum absolute atomic E-state index is 12.2. The summed E-state index contributed by atoms with van der Waals surface area (Å²) in [5.41, 5.74) is 2.76. The number of aryl methyl sites for hydroxylation is 1. The van der Waals surface area contributed by atoms with Gasteiger partial charge in [0.15, 0.2) is 0 Å². The predicted octanol–water partition coefficient (Wildman–Crippen LogP) is 2.31. The zero-order valence-corrected chi connectivity index (χ0v) is 13.5. The Morgan fingerprint density at radius 3 is 2.61 bits per heavy atom. The Kier molecular flexibility index (Phi) is 5.86. The van der Waals surface area contributed by atoms with Crippen molar-refractivity contribution in [2.45, 2.75) is 26.8 Å². The zero-order chi connectivity index (χ0) is 16.7. The Bertz CT molecular complexity index is 671. The lowest BCUT2D eigenvalue weighted by molar-refractivity contribution is -0.123. The first kappa shape index (κ1) is 16.7. The molecule has 0 aliphatic rings. The van der Waals surface area contributed by atoms with E-state index in [1.54, 1.807) is 12.4 Å². The summed E-state index contributed by atoms with van der Waals surface area (Å²) in [6.07, 6.45) is 4.19. The highest BCUT2D eigenvalue weighted by Crippen LogP contribution is 2.20. The summed E-state index contributed by atoms with van der Waals surface area (Å²) in [5.74, 6) is -0.350. The molecular weight excluding hydrogens is 290 g/mol. The Morgan fingerprint density at radius 2 is 1.96 bits per heavy atom. The van der Waals surface area contributed by atoms with Crippen LogP contribution in [0.25, 0.3) is 0 Å². The van der Waals surface area contributed by atoms with Crippen molar-refractivity contribution in [1.82, 2.24) is 10.3 Å². The smallest absolute Gasteiger partial charge is 0.240 e. The third-order valence-corrected chi connectivity index (χ3v) is 3.56. The molecule has 1 heterocycles. The average Bonchev–Trinajstić information content (AvgIpc) is 2.58. The monoisotopic (exact) mass is 311 g/mol. The van der Waals surface area contributed by atoms with Crippen LogP contribution in [0.15, 0.2) is 48.8 Å². The number of para-hydroxylation sites is 1. The van der Waals surface area contributed by atoms with E-state index in [2.05, 4.69) is 10.3 Å². The summed E-state index contributed by atoms with van der Waals surface area (Å²) in [4.78, 5) is 29.7. The number of carbonyl (C=O) groups excluding carboxylic acids is 2. The van der Waals surface area contributed by atoms with Crippen LogP contribution in [0.3, 0.4) is 0 Å². The maximum atomic E-state index is 12.2. The molecule has 1 aromatic carbocycles. The Morgan fingerprint density at radius 1 is 1.17 bits per heavy atom. The number of carbonyl (C=O) groups is 2. The van der Waals surface area contributed by atoms with Crippen LogP contribution in [0.4, 0.5) is 5.69 Å². The summed E-state index contributed by atoms with van der Waals surface area (Å²) >= 11 is 0. The largest absolute Gasteiger partial charge is 0.350 e. The van der Waals surface area contributed by atoms with Crippen LogP contribution in [0.1, 0.15) is 25.0 Å². The van der Waals surface area contributed by atoms with E-state index < -0.39 is 0 Å². The van der Waals surface area contributed by atoms with E-state index in [0.717, 1.165) is 23.2 Å². The molecule has 0 spiro atoms. The number of aromatic nitrogens is 1. The fourth-order valence-corrected chi connectivity index (χ4v) is 2.34. The summed E-state index contributed by atoms with van der Waals surface area (Å²) in [6, 6.07) is 11.4. The summed E-state index contributed by atoms with van der Waals surface area (Å²) in [7, 11) is 0. The van der Waals surface area contributed by atoms with Crippen molar-refractivity contribution in [2.24, 2.45) is 0 Å². The van der Waals surface area contributed by atoms with E-state index >= 15 is 0 Å². The minimum absolute atomic E-state index is 0.00656. The number of amides is 2. The second-order valence-electron chi connectivity index (χ2n) is 5.23. The van der Waals surface area contributed by atoms with Gasteiger partial charge in [0.25, 0.3) is 0 Å². The molecule has 23 heavy (non-hydrogen) atoms. The molecule has 5 nitrogen and oxygen atoms in total. The molecule has 0 saturated heterocycles. The van der Waals surface area contributed by atoms with Crippen LogP contribution in [0.2, 0.25) is 0 Å². The second kappa shape index (κ2) is 8.08. The fraction of sp³-hybridized carbons (Fsp3) is 0.278. The van der Waals surface area contributed by atoms with Crippen molar-refractivity contribution in [3.05, 3.63) is 59.9 Å². The van der Waals surface area contributed by atoms with Crippen LogP contribution in [0.5, 0.6) is 0 Å². The molecule has 0 saturated carbocycles. The van der Waals surface area contributed by atoms with Gasteiger partial charge in [-0.25, -0.2) is 0 Å². The molecule has 0 bridgehead atoms. The lowest BCUT2D eigenvalue weighted by atomic mass is 10.1. The molecule has 0 atom stereocenters. The molecule has 2 rings (SSSR count). The third-order valence-electron chi connectivity index (χ3n) is 3.56. The highest BCUT2D eigenvalue weighted by molar-refractivity contribution is 5.98. The van der Waals surface area contributed by atoms with E-state index in [1.165, 1.54) is 11.8 Å². The highest BCUT2D eigenvalue weighted by atomic mass is 16.2. The first-order chi connectivity index (χ1) is 11.1. The molecule has 0 radical (unpaired) electrons. The SMILES string of the molecule is CCc1ccccc1N(CC(=O)NCc1cccnc1)C(C)=O. The third kappa shape index (κ3) is 4.64. The van der Waals surface area contributed by atoms with Gasteiger partial charge in [0.2, 0.25) is 11.8 Å². The van der Waals surface area contributed by atoms with Crippen LogP contribution in [-0.4, -0.2) is 23.3 Å². The van der Waals surface area contributed by atoms with E-state index in [-0.39, 0.29) is 18.4 Å². The van der Waals surface area contributed by atoms with Gasteiger partial charge in [-0.1, -0.05) is 31.2 Å². The van der Waals surface area contributed by atoms with Crippen LogP contribution in [0, 0.1) is 0 Å². The van der Waals surface area contributed by atoms with Gasteiger partial charge in [0.1, 0.15) is 6.54 Å². The molecule has 2 amide bonds. The first-order valence-corrected chi connectivity index (χ1v) is 7.63. The van der Waals surface area contributed by atoms with Crippen molar-refractivity contribution in [2.75, 3.05) is 11.4 Å². The number of pyridine rings is 1. The normalized spacial score (nSPS) is 10.2. The van der Waals surface area contributed by atoms with Crippen LogP contribution >= 0.6 is 0 Å². The van der Waals surface area contributed by atoms with Crippen LogP contribution < -0.4 is 10.2 Å². The lowest BCUT2D eigenvalue weighted by Crippen LogP contribution is -2.40. The maximum Gasteiger partial charge on any atom is 0.240 e. The van der Waals surface area contributed by atoms with E-state index in [1.807, 2.05) is 43.3 Å². The van der Waals surface area contributed by atoms with E-state index in [4.69, 9.17) is 0 Å². The van der Waals surface area contributed by atoms with Crippen molar-refractivity contribution in [1.29, 1.82) is 0 Å². The Labute approximate surface area is 136 Å². The molecule has 120 valence electrons. The number of nitrogens with one attached hydrogen (secondary N) is 1. The van der Waals surface area contributed by atoms with Crippen molar-refractivity contribution >= 4 is 17.5 Å². The van der Waals surface area contributed by atoms with Gasteiger partial charge in [-0.3, -0.25) is 14.6 Å². The van der Waals surface area contributed by atoms with Gasteiger partial charge < -0.3 is 10.2 Å². The number of rotatable bonds is 6. The summed E-state index contributed by atoms with van der Waals surface area (Å²) in [5, 5.41) is 2.82. The van der Waals surface area contributed by atoms with Gasteiger partial charge in [-0.05, 0) is 29.7 Å². The molecule has 1 N–H and O–H groups in total. The average molecular weight is 311 g/mol. The van der Waals surface area contributed by atoms with Gasteiger partial charge in [0.05, 0.1) is 0 Å². The topological polar surface area (TPSA) is 62.3 Å². The quantitative estimate of drug-likeness (QED) is 0.890. The molecule has 1 aromatic heterocycles. The predicted molar refractivity (Wildman–Crippen MR) is 89.9 cm³/mol. The molecule has 5 heteroatoms. The highest BCUT2D eigenvalue weighted by Gasteiger charge is 2.17. The van der Waals surface area contributed by atoms with Crippen molar-refractivity contribution < 1.29 is 9.59 Å². The number of nitrogens with zero attached hydrogens (tertiary/aromatic N) is 2. The number of anilines is 1. The van der Waals surface area contributed by atoms with Gasteiger partial charge in [-0.2, -0.15) is 0 Å². The molecular formula is C18H21N3O2. The number of benzene rings is 1. The van der Waals surface area contributed by atoms with Crippen LogP contribution in [-0.2, 0) is 22.6 Å². The van der Waals surface area contributed by atoms with Gasteiger partial charge >= 0.3 is 0 Å². The summed E-state index contributed by atoms with van der Waals surface area (Å²) < 4.78 is 0. The molecule has 0 fully saturated rings. The standard InChI is InChI=1S/C18H21N3O2/c1-3-16-8-4-5-9-17(16)21(14(2)22)13-18(23)20-12-15-7-6-10-19-11-15/h4-11H,3,12-13H2,1-2H3,(H,20,23). The molecule has 2 aromatic rings. The van der Waals surface area contributed by atoms with E-state index in [9.17, 15) is 9.59 Å². The minimum Gasteiger partial charge on any atom is -0.350 e. The summed E-state index contributed by atoms with van der Waals surface area (Å²) in [6.45, 7) is 3.90.